The normalized spacial score (nSPS) is 13.4. The summed E-state index contributed by atoms with van der Waals surface area (Å²) >= 11 is 1.72. The summed E-state index contributed by atoms with van der Waals surface area (Å²) in [7, 11) is 0. The van der Waals surface area contributed by atoms with E-state index in [-0.39, 0.29) is 0 Å². The van der Waals surface area contributed by atoms with Gasteiger partial charge in [-0.3, -0.25) is 0 Å². The van der Waals surface area contributed by atoms with Crippen molar-refractivity contribution in [3.8, 4) is 5.69 Å². The lowest BCUT2D eigenvalue weighted by atomic mass is 10.0. The van der Waals surface area contributed by atoms with Crippen molar-refractivity contribution >= 4 is 22.0 Å². The minimum absolute atomic E-state index is 0.925. The van der Waals surface area contributed by atoms with Gasteiger partial charge in [-0.15, -0.1) is 0 Å². The molecule has 1 aliphatic heterocycles. The van der Waals surface area contributed by atoms with E-state index in [1.54, 1.807) is 17.5 Å². The zero-order valence-electron chi connectivity index (χ0n) is 15.5. The number of hydrogen-bond acceptors (Lipinski definition) is 4. The van der Waals surface area contributed by atoms with E-state index in [9.17, 15) is 0 Å². The molecule has 0 atom stereocenters. The van der Waals surface area contributed by atoms with Gasteiger partial charge in [-0.05, 0) is 46.9 Å². The molecular formula is C23H20N4S. The molecule has 28 heavy (non-hydrogen) atoms. The molecule has 0 bridgehead atoms. The van der Waals surface area contributed by atoms with Crippen LogP contribution < -0.4 is 4.90 Å². The molecule has 0 saturated heterocycles. The summed E-state index contributed by atoms with van der Waals surface area (Å²) in [5.74, 6) is 0. The fourth-order valence-corrected chi connectivity index (χ4v) is 4.52. The van der Waals surface area contributed by atoms with Gasteiger partial charge in [0.1, 0.15) is 0 Å². The molecule has 0 spiro atoms. The minimum atomic E-state index is 0.925. The second-order valence-electron chi connectivity index (χ2n) is 6.92. The van der Waals surface area contributed by atoms with E-state index in [2.05, 4.69) is 70.1 Å². The van der Waals surface area contributed by atoms with Crippen LogP contribution in [0.2, 0.25) is 0 Å². The smallest absolute Gasteiger partial charge is 0.186 e. The van der Waals surface area contributed by atoms with Crippen molar-refractivity contribution < 1.29 is 0 Å². The third kappa shape index (κ3) is 3.14. The number of thiazole rings is 1. The second kappa shape index (κ2) is 7.09. The maximum absolute atomic E-state index is 4.69. The van der Waals surface area contributed by atoms with Crippen LogP contribution in [0.25, 0.3) is 11.3 Å². The molecule has 2 aromatic heterocycles. The van der Waals surface area contributed by atoms with E-state index in [0.717, 1.165) is 46.3 Å². The van der Waals surface area contributed by atoms with Crippen LogP contribution in [0.4, 0.5) is 5.13 Å². The highest BCUT2D eigenvalue weighted by molar-refractivity contribution is 7.16. The van der Waals surface area contributed by atoms with Crippen molar-refractivity contribution in [2.45, 2.75) is 13.0 Å². The van der Waals surface area contributed by atoms with Gasteiger partial charge in [-0.25, -0.2) is 9.67 Å². The molecule has 0 N–H and O–H groups in total. The Bertz CT molecular complexity index is 1110. The summed E-state index contributed by atoms with van der Waals surface area (Å²) < 4.78 is 1.85. The average Bonchev–Trinajstić information content (AvgIpc) is 3.45. The number of anilines is 1. The number of rotatable bonds is 4. The highest BCUT2D eigenvalue weighted by Crippen LogP contribution is 2.33. The molecule has 1 aliphatic rings. The van der Waals surface area contributed by atoms with Gasteiger partial charge in [0, 0.05) is 31.7 Å². The number of fused-ring (bicyclic) bond motifs is 1. The molecule has 5 heteroatoms. The van der Waals surface area contributed by atoms with Crippen molar-refractivity contribution in [1.29, 1.82) is 0 Å². The van der Waals surface area contributed by atoms with E-state index < -0.39 is 0 Å². The molecule has 0 amide bonds. The largest absolute Gasteiger partial charge is 0.343 e. The fourth-order valence-electron chi connectivity index (χ4n) is 3.59. The lowest BCUT2D eigenvalue weighted by Gasteiger charge is -2.28. The van der Waals surface area contributed by atoms with Crippen LogP contribution in [0.3, 0.4) is 0 Å². The SMILES string of the molecule is C=C(c1ccc(-n2cccn2)cc1)c1cnc(N2CCc3ccccc3C2)s1. The molecule has 138 valence electrons. The van der Waals surface area contributed by atoms with Crippen LogP contribution in [0.5, 0.6) is 0 Å². The molecule has 4 aromatic rings. The topological polar surface area (TPSA) is 34.0 Å². The van der Waals surface area contributed by atoms with Gasteiger partial charge in [0.2, 0.25) is 0 Å². The lowest BCUT2D eigenvalue weighted by Crippen LogP contribution is -2.30. The number of hydrogen-bond donors (Lipinski definition) is 0. The number of aromatic nitrogens is 3. The zero-order valence-corrected chi connectivity index (χ0v) is 16.3. The zero-order chi connectivity index (χ0) is 18.9. The first kappa shape index (κ1) is 17.0. The molecule has 5 rings (SSSR count). The first-order valence-electron chi connectivity index (χ1n) is 9.35. The molecule has 2 aromatic carbocycles. The Hall–Kier alpha value is -3.18. The van der Waals surface area contributed by atoms with Crippen molar-refractivity contribution in [3.63, 3.8) is 0 Å². The van der Waals surface area contributed by atoms with Gasteiger partial charge in [0.25, 0.3) is 0 Å². The molecule has 0 saturated carbocycles. The van der Waals surface area contributed by atoms with E-state index in [0.29, 0.717) is 0 Å². The second-order valence-corrected chi connectivity index (χ2v) is 7.93. The molecule has 0 unspecified atom stereocenters. The predicted molar refractivity (Wildman–Crippen MR) is 115 cm³/mol. The van der Waals surface area contributed by atoms with Crippen molar-refractivity contribution in [3.05, 3.63) is 101 Å². The molecule has 0 radical (unpaired) electrons. The van der Waals surface area contributed by atoms with Gasteiger partial charge in [0.05, 0.1) is 10.6 Å². The molecule has 0 fully saturated rings. The maximum Gasteiger partial charge on any atom is 0.186 e. The molecule has 3 heterocycles. The Kier molecular flexibility index (Phi) is 4.29. The van der Waals surface area contributed by atoms with Gasteiger partial charge in [-0.2, -0.15) is 5.10 Å². The molecule has 4 nitrogen and oxygen atoms in total. The van der Waals surface area contributed by atoms with E-state index in [1.165, 1.54) is 11.1 Å². The third-order valence-corrected chi connectivity index (χ3v) is 6.29. The predicted octanol–water partition coefficient (Wildman–Crippen LogP) is 4.95. The summed E-state index contributed by atoms with van der Waals surface area (Å²) in [6.45, 7) is 6.25. The highest BCUT2D eigenvalue weighted by Gasteiger charge is 2.19. The van der Waals surface area contributed by atoms with Crippen LogP contribution >= 0.6 is 11.3 Å². The van der Waals surface area contributed by atoms with E-state index in [4.69, 9.17) is 0 Å². The summed E-state index contributed by atoms with van der Waals surface area (Å²) in [4.78, 5) is 8.16. The van der Waals surface area contributed by atoms with E-state index >= 15 is 0 Å². The van der Waals surface area contributed by atoms with E-state index in [1.807, 2.05) is 23.1 Å². The Balaban J connectivity index is 1.34. The van der Waals surface area contributed by atoms with Gasteiger partial charge in [0.15, 0.2) is 5.13 Å². The van der Waals surface area contributed by atoms with Crippen LogP contribution in [0.15, 0.2) is 79.8 Å². The lowest BCUT2D eigenvalue weighted by molar-refractivity contribution is 0.729. The first-order chi connectivity index (χ1) is 13.8. The van der Waals surface area contributed by atoms with Gasteiger partial charge >= 0.3 is 0 Å². The van der Waals surface area contributed by atoms with Gasteiger partial charge < -0.3 is 4.90 Å². The Morgan fingerprint density at radius 3 is 2.61 bits per heavy atom. The summed E-state index contributed by atoms with van der Waals surface area (Å²) in [6, 6.07) is 18.9. The summed E-state index contributed by atoms with van der Waals surface area (Å²) in [6.07, 6.45) is 6.74. The molecular weight excluding hydrogens is 364 g/mol. The maximum atomic E-state index is 4.69. The quantitative estimate of drug-likeness (QED) is 0.499. The van der Waals surface area contributed by atoms with Crippen LogP contribution in [0.1, 0.15) is 21.6 Å². The minimum Gasteiger partial charge on any atom is -0.343 e. The van der Waals surface area contributed by atoms with Crippen LogP contribution in [-0.2, 0) is 13.0 Å². The Morgan fingerprint density at radius 1 is 1.00 bits per heavy atom. The Morgan fingerprint density at radius 2 is 1.82 bits per heavy atom. The average molecular weight is 385 g/mol. The fraction of sp³-hybridized carbons (Fsp3) is 0.130. The highest BCUT2D eigenvalue weighted by atomic mass is 32.1. The Labute approximate surface area is 168 Å². The number of benzene rings is 2. The third-order valence-electron chi connectivity index (χ3n) is 5.18. The summed E-state index contributed by atoms with van der Waals surface area (Å²) in [5.41, 5.74) is 6.01. The van der Waals surface area contributed by atoms with Crippen LogP contribution in [-0.4, -0.2) is 21.3 Å². The monoisotopic (exact) mass is 384 g/mol. The van der Waals surface area contributed by atoms with Crippen LogP contribution in [0, 0.1) is 0 Å². The summed E-state index contributed by atoms with van der Waals surface area (Å²) in [5, 5.41) is 5.34. The van der Waals surface area contributed by atoms with Gasteiger partial charge in [-0.1, -0.05) is 54.3 Å². The van der Waals surface area contributed by atoms with Crippen molar-refractivity contribution in [1.82, 2.24) is 14.8 Å². The molecule has 0 aliphatic carbocycles. The van der Waals surface area contributed by atoms with Crippen molar-refractivity contribution in [2.75, 3.05) is 11.4 Å². The van der Waals surface area contributed by atoms with Crippen molar-refractivity contribution in [2.24, 2.45) is 0 Å². The number of nitrogens with zero attached hydrogens (tertiary/aromatic N) is 4. The first-order valence-corrected chi connectivity index (χ1v) is 10.2. The standard InChI is InChI=1S/C23H20N4S/c1-17(18-7-9-21(10-8-18)27-13-4-12-25-27)22-15-24-23(28-22)26-14-11-19-5-2-3-6-20(19)16-26/h2-10,12-13,15H,1,11,14,16H2.